The van der Waals surface area contributed by atoms with Crippen molar-refractivity contribution in [3.63, 3.8) is 0 Å². The number of allylic oxidation sites excluding steroid dienone is 1. The smallest absolute Gasteiger partial charge is 0.345 e. The van der Waals surface area contributed by atoms with Gasteiger partial charge in [0.05, 0.1) is 5.71 Å². The first-order valence-electron chi connectivity index (χ1n) is 5.55. The summed E-state index contributed by atoms with van der Waals surface area (Å²) in [6.07, 6.45) is 1.35. The predicted molar refractivity (Wildman–Crippen MR) is 77.5 cm³/mol. The molecule has 1 aromatic rings. The minimum atomic E-state index is -3.96. The molecule has 20 heavy (non-hydrogen) atoms. The molecule has 0 unspecified atom stereocenters. The van der Waals surface area contributed by atoms with E-state index in [9.17, 15) is 13.2 Å². The molecule has 1 heterocycles. The van der Waals surface area contributed by atoms with E-state index in [1.54, 1.807) is 24.3 Å². The number of Topliss-reactive ketones (excluding diaryl/α,β-unsaturated/α-hetero) is 1. The van der Waals surface area contributed by atoms with Crippen molar-refractivity contribution in [1.82, 2.24) is 4.31 Å². The number of hydrogen-bond acceptors (Lipinski definition) is 4. The second-order valence-corrected chi connectivity index (χ2v) is 6.58. The molecule has 0 atom stereocenters. The molecule has 0 saturated carbocycles. The van der Waals surface area contributed by atoms with E-state index >= 15 is 0 Å². The highest BCUT2D eigenvalue weighted by atomic mass is 79.9. The van der Waals surface area contributed by atoms with Gasteiger partial charge in [0, 0.05) is 17.1 Å². The summed E-state index contributed by atoms with van der Waals surface area (Å²) in [6, 6.07) is 6.84. The van der Waals surface area contributed by atoms with E-state index in [-0.39, 0.29) is 11.4 Å². The highest BCUT2D eigenvalue weighted by Crippen LogP contribution is 2.21. The van der Waals surface area contributed by atoms with E-state index in [1.165, 1.54) is 13.1 Å². The number of carbonyl (C=O) groups excluding carboxylic acids is 1. The van der Waals surface area contributed by atoms with Crippen LogP contribution >= 0.6 is 15.9 Å². The van der Waals surface area contributed by atoms with Crippen LogP contribution in [0, 0.1) is 0 Å². The van der Waals surface area contributed by atoms with Gasteiger partial charge in [-0.05, 0) is 18.2 Å². The number of likely N-dealkylation sites (N-methyl/N-ethyl adjacent to an activating group) is 1. The topological polar surface area (TPSA) is 87.0 Å². The number of rotatable bonds is 3. The summed E-state index contributed by atoms with van der Waals surface area (Å²) >= 11 is 3.28. The van der Waals surface area contributed by atoms with Gasteiger partial charge in [0.25, 0.3) is 0 Å². The average Bonchev–Trinajstić information content (AvgIpc) is 2.41. The molecule has 2 rings (SSSR count). The van der Waals surface area contributed by atoms with Gasteiger partial charge >= 0.3 is 10.2 Å². The standard InChI is InChI=1S/C12H11BrN2O4S/c1-15-11(12(17)7-16)6-10(14-20(15,18)19)8-2-4-9(13)5-3-8/h2-6,16H,7H2,1H3. The quantitative estimate of drug-likeness (QED) is 0.868. The molecule has 0 spiro atoms. The fourth-order valence-electron chi connectivity index (χ4n) is 1.65. The molecule has 0 aromatic heterocycles. The molecule has 0 amide bonds. The van der Waals surface area contributed by atoms with Crippen LogP contribution in [0.3, 0.4) is 0 Å². The average molecular weight is 359 g/mol. The number of carbonyl (C=O) groups is 1. The summed E-state index contributed by atoms with van der Waals surface area (Å²) in [6.45, 7) is -0.765. The lowest BCUT2D eigenvalue weighted by Gasteiger charge is -2.22. The van der Waals surface area contributed by atoms with Crippen LogP contribution < -0.4 is 0 Å². The van der Waals surface area contributed by atoms with Gasteiger partial charge in [0.1, 0.15) is 12.3 Å². The van der Waals surface area contributed by atoms with E-state index in [0.29, 0.717) is 5.56 Å². The van der Waals surface area contributed by atoms with Gasteiger partial charge in [0.2, 0.25) is 5.78 Å². The van der Waals surface area contributed by atoms with E-state index < -0.39 is 22.6 Å². The van der Waals surface area contributed by atoms with Crippen molar-refractivity contribution in [3.8, 4) is 0 Å². The van der Waals surface area contributed by atoms with Crippen LogP contribution in [-0.4, -0.2) is 43.0 Å². The van der Waals surface area contributed by atoms with Crippen molar-refractivity contribution < 1.29 is 18.3 Å². The maximum Gasteiger partial charge on any atom is 0.345 e. The van der Waals surface area contributed by atoms with E-state index in [0.717, 1.165) is 8.78 Å². The third-order valence-corrected chi connectivity index (χ3v) is 4.59. The summed E-state index contributed by atoms with van der Waals surface area (Å²) in [5.41, 5.74) is 0.612. The zero-order chi connectivity index (χ0) is 14.9. The van der Waals surface area contributed by atoms with Gasteiger partial charge in [-0.2, -0.15) is 8.42 Å². The van der Waals surface area contributed by atoms with E-state index in [4.69, 9.17) is 5.11 Å². The predicted octanol–water partition coefficient (Wildman–Crippen LogP) is 0.874. The highest BCUT2D eigenvalue weighted by Gasteiger charge is 2.29. The third kappa shape index (κ3) is 2.82. The molecule has 1 aliphatic rings. The highest BCUT2D eigenvalue weighted by molar-refractivity contribution is 9.10. The molecular formula is C12H11BrN2O4S. The number of hydrogen-bond donors (Lipinski definition) is 1. The summed E-state index contributed by atoms with van der Waals surface area (Å²) in [5.74, 6) is -0.680. The number of halogens is 1. The van der Waals surface area contributed by atoms with Crippen LogP contribution in [0.25, 0.3) is 0 Å². The first-order valence-corrected chi connectivity index (χ1v) is 7.74. The van der Waals surface area contributed by atoms with Crippen LogP contribution in [-0.2, 0) is 15.0 Å². The molecular weight excluding hydrogens is 348 g/mol. The molecule has 106 valence electrons. The number of aliphatic hydroxyl groups excluding tert-OH is 1. The largest absolute Gasteiger partial charge is 0.388 e. The Hall–Kier alpha value is -1.51. The Morgan fingerprint density at radius 2 is 1.95 bits per heavy atom. The Labute approximate surface area is 124 Å². The molecule has 0 fully saturated rings. The summed E-state index contributed by atoms with van der Waals surface area (Å²) in [7, 11) is -2.74. The van der Waals surface area contributed by atoms with Gasteiger partial charge in [0.15, 0.2) is 0 Å². The Bertz CT molecular complexity index is 707. The van der Waals surface area contributed by atoms with Crippen LogP contribution in [0.4, 0.5) is 0 Å². The Balaban J connectivity index is 2.55. The summed E-state index contributed by atoms with van der Waals surface area (Å²) < 4.78 is 29.1. The zero-order valence-corrected chi connectivity index (χ0v) is 12.8. The van der Waals surface area contributed by atoms with E-state index in [2.05, 4.69) is 20.3 Å². The fourth-order valence-corrected chi connectivity index (χ4v) is 2.85. The summed E-state index contributed by atoms with van der Waals surface area (Å²) in [5, 5.41) is 8.91. The SMILES string of the molecule is CN1C(C(=O)CO)=CC(c2ccc(Br)cc2)=NS1(=O)=O. The maximum atomic E-state index is 11.9. The lowest BCUT2D eigenvalue weighted by Crippen LogP contribution is -2.34. The molecule has 8 heteroatoms. The van der Waals surface area contributed by atoms with Gasteiger partial charge in [-0.3, -0.25) is 9.10 Å². The second kappa shape index (κ2) is 5.47. The van der Waals surface area contributed by atoms with Crippen LogP contribution in [0.1, 0.15) is 5.56 Å². The first kappa shape index (κ1) is 14.9. The molecule has 0 saturated heterocycles. The minimum absolute atomic E-state index is 0.111. The molecule has 1 aromatic carbocycles. The monoisotopic (exact) mass is 358 g/mol. The van der Waals surface area contributed by atoms with Gasteiger partial charge < -0.3 is 5.11 Å². The fraction of sp³-hybridized carbons (Fsp3) is 0.167. The van der Waals surface area contributed by atoms with Gasteiger partial charge in [-0.25, -0.2) is 0 Å². The maximum absolute atomic E-state index is 11.9. The molecule has 0 bridgehead atoms. The van der Waals surface area contributed by atoms with Crippen molar-refractivity contribution in [2.24, 2.45) is 4.40 Å². The number of benzene rings is 1. The van der Waals surface area contributed by atoms with Gasteiger partial charge in [-0.15, -0.1) is 4.40 Å². The molecule has 1 aliphatic heterocycles. The Kier molecular flexibility index (Phi) is 4.07. The minimum Gasteiger partial charge on any atom is -0.388 e. The lowest BCUT2D eigenvalue weighted by atomic mass is 10.1. The lowest BCUT2D eigenvalue weighted by molar-refractivity contribution is -0.119. The van der Waals surface area contributed by atoms with Crippen LogP contribution in [0.5, 0.6) is 0 Å². The van der Waals surface area contributed by atoms with Crippen molar-refractivity contribution >= 4 is 37.6 Å². The number of aliphatic hydroxyl groups is 1. The van der Waals surface area contributed by atoms with Crippen LogP contribution in [0.2, 0.25) is 0 Å². The normalized spacial score (nSPS) is 17.4. The van der Waals surface area contributed by atoms with E-state index in [1.807, 2.05) is 0 Å². The van der Waals surface area contributed by atoms with Crippen molar-refractivity contribution in [2.45, 2.75) is 0 Å². The van der Waals surface area contributed by atoms with Crippen molar-refractivity contribution in [2.75, 3.05) is 13.7 Å². The molecule has 6 nitrogen and oxygen atoms in total. The summed E-state index contributed by atoms with van der Waals surface area (Å²) in [4.78, 5) is 11.6. The third-order valence-electron chi connectivity index (χ3n) is 2.74. The Morgan fingerprint density at radius 3 is 2.50 bits per heavy atom. The molecule has 1 N–H and O–H groups in total. The Morgan fingerprint density at radius 1 is 1.35 bits per heavy atom. The number of nitrogens with zero attached hydrogens (tertiary/aromatic N) is 2. The first-order chi connectivity index (χ1) is 9.35. The van der Waals surface area contributed by atoms with Crippen molar-refractivity contribution in [1.29, 1.82) is 0 Å². The van der Waals surface area contributed by atoms with Crippen LogP contribution in [0.15, 0.2) is 44.9 Å². The molecule has 0 radical (unpaired) electrons. The molecule has 0 aliphatic carbocycles. The second-order valence-electron chi connectivity index (χ2n) is 4.04. The number of ketones is 1. The van der Waals surface area contributed by atoms with Crippen molar-refractivity contribution in [3.05, 3.63) is 46.1 Å². The van der Waals surface area contributed by atoms with Gasteiger partial charge in [-0.1, -0.05) is 28.1 Å². The zero-order valence-electron chi connectivity index (χ0n) is 10.4.